The lowest BCUT2D eigenvalue weighted by atomic mass is 9.47. The second kappa shape index (κ2) is 8.22. The van der Waals surface area contributed by atoms with Gasteiger partial charge < -0.3 is 15.8 Å². The second-order valence-electron chi connectivity index (χ2n) is 9.98. The van der Waals surface area contributed by atoms with Crippen molar-refractivity contribution in [1.82, 2.24) is 10.2 Å². The summed E-state index contributed by atoms with van der Waals surface area (Å²) in [5.74, 6) is 1.07. The molecule has 1 aromatic rings. The Morgan fingerprint density at radius 1 is 1.19 bits per heavy atom. The number of carbonyl (C=O) groups is 2. The molecule has 0 aromatic heterocycles. The number of nitrogens with zero attached hydrogens (tertiary/aromatic N) is 1. The molecule has 4 aliphatic carbocycles. The third-order valence-electron chi connectivity index (χ3n) is 7.96. The fourth-order valence-corrected chi connectivity index (χ4v) is 7.18. The molecule has 0 radical (unpaired) electrons. The molecule has 3 atom stereocenters. The number of halogens is 2. The minimum Gasteiger partial charge on any atom is -0.369 e. The van der Waals surface area contributed by atoms with Gasteiger partial charge in [-0.2, -0.15) is 0 Å². The van der Waals surface area contributed by atoms with Crippen molar-refractivity contribution in [2.24, 2.45) is 28.9 Å². The molecule has 31 heavy (non-hydrogen) atoms. The van der Waals surface area contributed by atoms with E-state index < -0.39 is 6.10 Å². The smallest absolute Gasteiger partial charge is 0.250 e. The Morgan fingerprint density at radius 3 is 2.61 bits per heavy atom. The van der Waals surface area contributed by atoms with E-state index in [0.29, 0.717) is 47.5 Å². The van der Waals surface area contributed by atoms with Crippen molar-refractivity contribution in [2.45, 2.75) is 50.8 Å². The number of amides is 2. The number of rotatable bonds is 5. The van der Waals surface area contributed by atoms with Gasteiger partial charge in [-0.1, -0.05) is 29.3 Å². The molecular weight excluding hydrogens is 437 g/mol. The number of hydrogen-bond donors (Lipinski definition) is 2. The van der Waals surface area contributed by atoms with Crippen LogP contribution in [-0.4, -0.2) is 48.6 Å². The zero-order valence-corrected chi connectivity index (χ0v) is 19.0. The summed E-state index contributed by atoms with van der Waals surface area (Å²) in [7, 11) is 0. The molecule has 4 saturated carbocycles. The second-order valence-corrected chi connectivity index (χ2v) is 10.8. The van der Waals surface area contributed by atoms with E-state index in [2.05, 4.69) is 10.2 Å². The van der Waals surface area contributed by atoms with Crippen LogP contribution in [0.3, 0.4) is 0 Å². The van der Waals surface area contributed by atoms with Gasteiger partial charge >= 0.3 is 0 Å². The Hall–Kier alpha value is -1.34. The lowest BCUT2D eigenvalue weighted by Crippen LogP contribution is -2.63. The summed E-state index contributed by atoms with van der Waals surface area (Å²) in [4.78, 5) is 27.5. The summed E-state index contributed by atoms with van der Waals surface area (Å²) in [5.41, 5.74) is 6.44. The monoisotopic (exact) mass is 465 g/mol. The first-order chi connectivity index (χ1) is 14.8. The fourth-order valence-electron chi connectivity index (χ4n) is 6.71. The van der Waals surface area contributed by atoms with E-state index in [0.717, 1.165) is 44.2 Å². The third kappa shape index (κ3) is 4.08. The first-order valence-electron chi connectivity index (χ1n) is 11.2. The maximum Gasteiger partial charge on any atom is 0.250 e. The summed E-state index contributed by atoms with van der Waals surface area (Å²) < 4.78 is 5.83. The number of nitrogens with one attached hydrogen (secondary N) is 1. The normalized spacial score (nSPS) is 37.0. The molecule has 1 saturated heterocycles. The number of benzene rings is 1. The topological polar surface area (TPSA) is 84.7 Å². The molecule has 5 aliphatic rings. The zero-order chi connectivity index (χ0) is 21.8. The summed E-state index contributed by atoms with van der Waals surface area (Å²) >= 11 is 12.3. The van der Waals surface area contributed by atoms with E-state index in [1.165, 1.54) is 0 Å². The van der Waals surface area contributed by atoms with Crippen molar-refractivity contribution in [3.05, 3.63) is 33.8 Å². The molecule has 5 fully saturated rings. The van der Waals surface area contributed by atoms with Crippen molar-refractivity contribution in [2.75, 3.05) is 19.7 Å². The number of nitrogens with two attached hydrogens (primary N) is 1. The van der Waals surface area contributed by atoms with Gasteiger partial charge in [0.05, 0.1) is 6.61 Å². The van der Waals surface area contributed by atoms with Crippen LogP contribution < -0.4 is 11.1 Å². The lowest BCUT2D eigenvalue weighted by Gasteiger charge is -2.59. The molecule has 2 amide bonds. The maximum atomic E-state index is 13.1. The van der Waals surface area contributed by atoms with Gasteiger partial charge in [0.2, 0.25) is 5.91 Å². The van der Waals surface area contributed by atoms with Crippen molar-refractivity contribution in [3.8, 4) is 0 Å². The van der Waals surface area contributed by atoms with E-state index in [1.807, 2.05) is 12.1 Å². The molecule has 2 unspecified atom stereocenters. The predicted octanol–water partition coefficient (Wildman–Crippen LogP) is 2.99. The van der Waals surface area contributed by atoms with Crippen LogP contribution in [0, 0.1) is 23.2 Å². The molecule has 4 bridgehead atoms. The van der Waals surface area contributed by atoms with Crippen molar-refractivity contribution < 1.29 is 14.3 Å². The average molecular weight is 466 g/mol. The predicted molar refractivity (Wildman–Crippen MR) is 119 cm³/mol. The standard InChI is InChI=1S/C23H29Cl2N3O3/c24-17-2-1-14(18(25)7-17)11-28-3-4-31-19(12-28)21(29)27-20-15-5-13-6-16(20)10-23(8-13,9-15)22(26)30/h1-2,7,13,15-16,19-20H,3-6,8-12H2,(H2,26,30)(H,27,29)/t13?,15?,16?,19-,20?,23?/m1/s1. The summed E-state index contributed by atoms with van der Waals surface area (Å²) in [6.45, 7) is 2.44. The minimum atomic E-state index is -0.498. The van der Waals surface area contributed by atoms with E-state index in [-0.39, 0.29) is 23.3 Å². The van der Waals surface area contributed by atoms with Crippen molar-refractivity contribution >= 4 is 35.0 Å². The maximum absolute atomic E-state index is 13.1. The third-order valence-corrected chi connectivity index (χ3v) is 8.54. The number of hydrogen-bond acceptors (Lipinski definition) is 4. The molecule has 1 aromatic carbocycles. The molecule has 8 heteroatoms. The summed E-state index contributed by atoms with van der Waals surface area (Å²) in [5, 5.41) is 4.55. The molecule has 1 aliphatic heterocycles. The minimum absolute atomic E-state index is 0.0440. The number of primary amides is 1. The molecule has 6 nitrogen and oxygen atoms in total. The molecule has 1 heterocycles. The largest absolute Gasteiger partial charge is 0.369 e. The Morgan fingerprint density at radius 2 is 1.94 bits per heavy atom. The highest BCUT2D eigenvalue weighted by Gasteiger charge is 2.58. The van der Waals surface area contributed by atoms with E-state index >= 15 is 0 Å². The van der Waals surface area contributed by atoms with Crippen LogP contribution >= 0.6 is 23.2 Å². The zero-order valence-electron chi connectivity index (χ0n) is 17.5. The van der Waals surface area contributed by atoms with Crippen LogP contribution in [0.4, 0.5) is 0 Å². The molecule has 6 rings (SSSR count). The van der Waals surface area contributed by atoms with Gasteiger partial charge in [0, 0.05) is 41.1 Å². The van der Waals surface area contributed by atoms with Gasteiger partial charge in [-0.05, 0) is 67.6 Å². The highest BCUT2D eigenvalue weighted by atomic mass is 35.5. The fraction of sp³-hybridized carbons (Fsp3) is 0.652. The molecule has 168 valence electrons. The van der Waals surface area contributed by atoms with Gasteiger partial charge in [-0.15, -0.1) is 0 Å². The van der Waals surface area contributed by atoms with Crippen LogP contribution in [0.1, 0.15) is 37.7 Å². The van der Waals surface area contributed by atoms with Gasteiger partial charge in [-0.25, -0.2) is 0 Å². The Bertz CT molecular complexity index is 879. The Kier molecular flexibility index (Phi) is 5.70. The van der Waals surface area contributed by atoms with Gasteiger partial charge in [0.15, 0.2) is 0 Å². The van der Waals surface area contributed by atoms with E-state index in [1.54, 1.807) is 6.07 Å². The van der Waals surface area contributed by atoms with Crippen LogP contribution in [-0.2, 0) is 20.9 Å². The number of carbonyl (C=O) groups excluding carboxylic acids is 2. The summed E-state index contributed by atoms with van der Waals surface area (Å²) in [6, 6.07) is 5.63. The first-order valence-corrected chi connectivity index (χ1v) is 12.0. The quantitative estimate of drug-likeness (QED) is 0.699. The van der Waals surface area contributed by atoms with Crippen LogP contribution in [0.2, 0.25) is 10.0 Å². The SMILES string of the molecule is NC(=O)C12CC3CC(C1)C(NC(=O)[C@H]1CN(Cc4ccc(Cl)cc4Cl)CCO1)C(C3)C2. The lowest BCUT2D eigenvalue weighted by molar-refractivity contribution is -0.151. The van der Waals surface area contributed by atoms with Crippen molar-refractivity contribution in [3.63, 3.8) is 0 Å². The van der Waals surface area contributed by atoms with Gasteiger partial charge in [0.1, 0.15) is 6.10 Å². The first kappa shape index (κ1) is 21.5. The average Bonchev–Trinajstić information content (AvgIpc) is 2.72. The van der Waals surface area contributed by atoms with Crippen LogP contribution in [0.5, 0.6) is 0 Å². The van der Waals surface area contributed by atoms with E-state index in [4.69, 9.17) is 33.7 Å². The Labute approximate surface area is 192 Å². The molecular formula is C23H29Cl2N3O3. The van der Waals surface area contributed by atoms with Gasteiger partial charge in [-0.3, -0.25) is 14.5 Å². The highest BCUT2D eigenvalue weighted by Crippen LogP contribution is 2.59. The number of ether oxygens (including phenoxy) is 1. The van der Waals surface area contributed by atoms with E-state index in [9.17, 15) is 9.59 Å². The highest BCUT2D eigenvalue weighted by molar-refractivity contribution is 6.35. The molecule has 0 spiro atoms. The summed E-state index contributed by atoms with van der Waals surface area (Å²) in [6.07, 6.45) is 4.23. The van der Waals surface area contributed by atoms with Crippen molar-refractivity contribution in [1.29, 1.82) is 0 Å². The molecule has 3 N–H and O–H groups in total. The number of morpholine rings is 1. The van der Waals surface area contributed by atoms with Gasteiger partial charge in [0.25, 0.3) is 5.91 Å². The van der Waals surface area contributed by atoms with Crippen LogP contribution in [0.15, 0.2) is 18.2 Å². The Balaban J connectivity index is 1.21. The van der Waals surface area contributed by atoms with Crippen LogP contribution in [0.25, 0.3) is 0 Å².